The van der Waals surface area contributed by atoms with Crippen LogP contribution in [0.25, 0.3) is 0 Å². The average Bonchev–Trinajstić information content (AvgIpc) is 3.09. The Kier molecular flexibility index (Phi) is 5.91. The number of thiophene rings is 1. The summed E-state index contributed by atoms with van der Waals surface area (Å²) in [5.41, 5.74) is 1.69. The van der Waals surface area contributed by atoms with Gasteiger partial charge in [-0.25, -0.2) is 9.59 Å². The Labute approximate surface area is 161 Å². The molecule has 0 radical (unpaired) electrons. The minimum absolute atomic E-state index is 0.489. The van der Waals surface area contributed by atoms with E-state index in [1.54, 1.807) is 30.3 Å². The van der Waals surface area contributed by atoms with Crippen LogP contribution < -0.4 is 10.6 Å². The Balaban J connectivity index is 1.80. The van der Waals surface area contributed by atoms with Gasteiger partial charge in [-0.2, -0.15) is 0 Å². The summed E-state index contributed by atoms with van der Waals surface area (Å²) in [4.78, 5) is 38.4. The van der Waals surface area contributed by atoms with E-state index in [0.29, 0.717) is 16.4 Å². The highest BCUT2D eigenvalue weighted by Gasteiger charge is 2.28. The number of nitrogens with one attached hydrogen (secondary N) is 2. The third-order valence-corrected chi connectivity index (χ3v) is 5.78. The molecule has 1 heterocycles. The quantitative estimate of drug-likeness (QED) is 0.790. The van der Waals surface area contributed by atoms with Crippen molar-refractivity contribution in [2.75, 3.05) is 7.05 Å². The Bertz CT molecular complexity index is 847. The van der Waals surface area contributed by atoms with Gasteiger partial charge in [-0.3, -0.25) is 10.1 Å². The van der Waals surface area contributed by atoms with E-state index in [4.69, 9.17) is 4.74 Å². The third-order valence-electron chi connectivity index (χ3n) is 4.56. The molecule has 0 fully saturated rings. The van der Waals surface area contributed by atoms with E-state index in [9.17, 15) is 14.4 Å². The molecule has 1 aromatic carbocycles. The molecule has 2 N–H and O–H groups in total. The van der Waals surface area contributed by atoms with Crippen molar-refractivity contribution in [3.63, 3.8) is 0 Å². The molecule has 0 saturated heterocycles. The summed E-state index contributed by atoms with van der Waals surface area (Å²) in [5.74, 6) is -0.641. The van der Waals surface area contributed by atoms with E-state index in [2.05, 4.69) is 17.6 Å². The molecule has 2 atom stereocenters. The second-order valence-corrected chi connectivity index (χ2v) is 7.81. The van der Waals surface area contributed by atoms with Gasteiger partial charge in [-0.05, 0) is 36.8 Å². The van der Waals surface area contributed by atoms with Crippen LogP contribution in [0, 0.1) is 5.92 Å². The van der Waals surface area contributed by atoms with Crippen LogP contribution in [0.3, 0.4) is 0 Å². The van der Waals surface area contributed by atoms with Crippen molar-refractivity contribution >= 4 is 29.2 Å². The van der Waals surface area contributed by atoms with Crippen molar-refractivity contribution in [3.8, 4) is 0 Å². The second kappa shape index (κ2) is 8.35. The summed E-state index contributed by atoms with van der Waals surface area (Å²) in [6, 6.07) is 9.87. The first-order valence-electron chi connectivity index (χ1n) is 8.88. The first kappa shape index (κ1) is 19.1. The molecule has 0 bridgehead atoms. The number of fused-ring (bicyclic) bond motifs is 1. The van der Waals surface area contributed by atoms with Gasteiger partial charge < -0.3 is 10.1 Å². The van der Waals surface area contributed by atoms with Crippen molar-refractivity contribution < 1.29 is 19.1 Å². The lowest BCUT2D eigenvalue weighted by atomic mass is 9.90. The van der Waals surface area contributed by atoms with Gasteiger partial charge in [0.05, 0.1) is 0 Å². The van der Waals surface area contributed by atoms with Crippen LogP contribution in [-0.2, 0) is 22.4 Å². The van der Waals surface area contributed by atoms with E-state index in [0.717, 1.165) is 19.3 Å². The van der Waals surface area contributed by atoms with Crippen LogP contribution in [0.4, 0.5) is 4.79 Å². The third kappa shape index (κ3) is 4.54. The van der Waals surface area contributed by atoms with Crippen molar-refractivity contribution in [1.29, 1.82) is 0 Å². The number of aryl methyl sites for hydroxylation is 1. The van der Waals surface area contributed by atoms with Gasteiger partial charge in [0.2, 0.25) is 6.10 Å². The number of urea groups is 1. The minimum atomic E-state index is -1.20. The van der Waals surface area contributed by atoms with E-state index >= 15 is 0 Å². The molecule has 0 aliphatic heterocycles. The Morgan fingerprint density at radius 3 is 2.67 bits per heavy atom. The molecule has 6 nitrogen and oxygen atoms in total. The highest BCUT2D eigenvalue weighted by Crippen LogP contribution is 2.33. The number of hydrogen-bond acceptors (Lipinski definition) is 5. The predicted octanol–water partition coefficient (Wildman–Crippen LogP) is 3.23. The molecule has 7 heteroatoms. The SMILES string of the molecule is CNC(=O)NC(=O)[C@@H](OC(=O)c1cc2c(s1)CC[C@@H](C)C2)c1ccccc1. The molecule has 0 spiro atoms. The first-order valence-corrected chi connectivity index (χ1v) is 9.69. The summed E-state index contributed by atoms with van der Waals surface area (Å²) in [6.45, 7) is 2.20. The standard InChI is InChI=1S/C20H22N2O4S/c1-12-8-9-15-14(10-12)11-16(27-15)19(24)26-17(13-6-4-3-5-7-13)18(23)22-20(25)21-2/h3-7,11-12,17H,8-10H2,1-2H3,(H2,21,22,23,25)/t12-,17+/m1/s1. The molecule has 1 aromatic heterocycles. The van der Waals surface area contributed by atoms with Crippen LogP contribution in [0.1, 0.15) is 45.1 Å². The van der Waals surface area contributed by atoms with Crippen molar-refractivity contribution in [2.24, 2.45) is 5.92 Å². The number of esters is 1. The van der Waals surface area contributed by atoms with Crippen LogP contribution >= 0.6 is 11.3 Å². The molecule has 1 aliphatic rings. The maximum atomic E-state index is 12.7. The summed E-state index contributed by atoms with van der Waals surface area (Å²) < 4.78 is 5.51. The predicted molar refractivity (Wildman–Crippen MR) is 103 cm³/mol. The van der Waals surface area contributed by atoms with Gasteiger partial charge in [0.1, 0.15) is 4.88 Å². The fourth-order valence-corrected chi connectivity index (χ4v) is 4.20. The van der Waals surface area contributed by atoms with Crippen LogP contribution in [0.5, 0.6) is 0 Å². The largest absolute Gasteiger partial charge is 0.443 e. The molecule has 1 aliphatic carbocycles. The number of amides is 3. The first-order chi connectivity index (χ1) is 13.0. The van der Waals surface area contributed by atoms with Crippen molar-refractivity contribution in [2.45, 2.75) is 32.3 Å². The second-order valence-electron chi connectivity index (χ2n) is 6.67. The molecule has 142 valence electrons. The van der Waals surface area contributed by atoms with Crippen molar-refractivity contribution in [3.05, 3.63) is 57.3 Å². The van der Waals surface area contributed by atoms with Gasteiger partial charge in [-0.15, -0.1) is 11.3 Å². The monoisotopic (exact) mass is 386 g/mol. The van der Waals surface area contributed by atoms with E-state index in [1.165, 1.54) is 28.8 Å². The van der Waals surface area contributed by atoms with E-state index in [1.807, 2.05) is 6.07 Å². The van der Waals surface area contributed by atoms with Crippen molar-refractivity contribution in [1.82, 2.24) is 10.6 Å². The lowest BCUT2D eigenvalue weighted by molar-refractivity contribution is -0.129. The number of carbonyl (C=O) groups is 3. The highest BCUT2D eigenvalue weighted by molar-refractivity contribution is 7.14. The zero-order chi connectivity index (χ0) is 19.4. The fourth-order valence-electron chi connectivity index (χ4n) is 3.11. The number of rotatable bonds is 4. The number of ether oxygens (including phenoxy) is 1. The molecule has 0 saturated carbocycles. The molecule has 3 amide bonds. The minimum Gasteiger partial charge on any atom is -0.443 e. The smallest absolute Gasteiger partial charge is 0.349 e. The van der Waals surface area contributed by atoms with Gasteiger partial charge in [-0.1, -0.05) is 37.3 Å². The summed E-state index contributed by atoms with van der Waals surface area (Å²) in [7, 11) is 1.41. The molecular formula is C20H22N2O4S. The average molecular weight is 386 g/mol. The summed E-state index contributed by atoms with van der Waals surface area (Å²) in [5, 5.41) is 4.49. The molecule has 27 heavy (non-hydrogen) atoms. The fraction of sp³-hybridized carbons (Fsp3) is 0.350. The van der Waals surface area contributed by atoms with Crippen LogP contribution in [0.15, 0.2) is 36.4 Å². The van der Waals surface area contributed by atoms with E-state index < -0.39 is 24.0 Å². The lowest BCUT2D eigenvalue weighted by Crippen LogP contribution is -2.41. The number of imide groups is 1. The highest BCUT2D eigenvalue weighted by atomic mass is 32.1. The Morgan fingerprint density at radius 2 is 1.96 bits per heavy atom. The summed E-state index contributed by atoms with van der Waals surface area (Å²) in [6.07, 6.45) is 1.84. The summed E-state index contributed by atoms with van der Waals surface area (Å²) >= 11 is 1.43. The van der Waals surface area contributed by atoms with Crippen LogP contribution in [0.2, 0.25) is 0 Å². The maximum absolute atomic E-state index is 12.7. The molecule has 0 unspecified atom stereocenters. The van der Waals surface area contributed by atoms with Gasteiger partial charge >= 0.3 is 12.0 Å². The molecule has 3 rings (SSSR count). The van der Waals surface area contributed by atoms with E-state index in [-0.39, 0.29) is 0 Å². The Hall–Kier alpha value is -2.67. The normalized spacial score (nSPS) is 16.7. The number of hydrogen-bond donors (Lipinski definition) is 2. The topological polar surface area (TPSA) is 84.5 Å². The number of benzene rings is 1. The lowest BCUT2D eigenvalue weighted by Gasteiger charge is -2.17. The number of carbonyl (C=O) groups excluding carboxylic acids is 3. The molecule has 2 aromatic rings. The van der Waals surface area contributed by atoms with Crippen LogP contribution in [-0.4, -0.2) is 25.0 Å². The van der Waals surface area contributed by atoms with Gasteiger partial charge in [0.15, 0.2) is 0 Å². The maximum Gasteiger partial charge on any atom is 0.349 e. The molecular weight excluding hydrogens is 364 g/mol. The zero-order valence-electron chi connectivity index (χ0n) is 15.3. The Morgan fingerprint density at radius 1 is 1.22 bits per heavy atom. The van der Waals surface area contributed by atoms with Gasteiger partial charge in [0.25, 0.3) is 5.91 Å². The zero-order valence-corrected chi connectivity index (χ0v) is 16.1. The van der Waals surface area contributed by atoms with Gasteiger partial charge in [0, 0.05) is 17.5 Å².